The first-order valence-corrected chi connectivity index (χ1v) is 8.27. The highest BCUT2D eigenvalue weighted by molar-refractivity contribution is 5.87. The summed E-state index contributed by atoms with van der Waals surface area (Å²) in [5, 5.41) is 0. The van der Waals surface area contributed by atoms with Crippen molar-refractivity contribution in [3.8, 4) is 22.6 Å². The number of aryl methyl sites for hydroxylation is 1. The number of hydrogen-bond acceptors (Lipinski definition) is 5. The predicted octanol–water partition coefficient (Wildman–Crippen LogP) is 3.72. The standard InChI is InChI=1S/C20H21NO4/c1-5-14-7-6-8-16-17-10-19(25-13(3)23)18(24-12(2)22)9-15(17)11-21(4)20(14)16/h6-10H,5,11H2,1-4H3. The molecule has 0 N–H and O–H groups in total. The first kappa shape index (κ1) is 17.0. The van der Waals surface area contributed by atoms with Crippen LogP contribution < -0.4 is 14.4 Å². The van der Waals surface area contributed by atoms with Crippen LogP contribution in [0.2, 0.25) is 0 Å². The van der Waals surface area contributed by atoms with Crippen molar-refractivity contribution in [2.45, 2.75) is 33.7 Å². The fraction of sp³-hybridized carbons (Fsp3) is 0.300. The third kappa shape index (κ3) is 3.22. The Bertz CT molecular complexity index is 857. The van der Waals surface area contributed by atoms with Gasteiger partial charge in [-0.05, 0) is 35.2 Å². The number of hydrogen-bond donors (Lipinski definition) is 0. The van der Waals surface area contributed by atoms with Crippen LogP contribution in [0.3, 0.4) is 0 Å². The minimum Gasteiger partial charge on any atom is -0.423 e. The summed E-state index contributed by atoms with van der Waals surface area (Å²) in [6.07, 6.45) is 0.936. The molecule has 0 amide bonds. The largest absolute Gasteiger partial charge is 0.423 e. The number of benzene rings is 2. The molecule has 2 aromatic carbocycles. The van der Waals surface area contributed by atoms with Crippen molar-refractivity contribution < 1.29 is 19.1 Å². The Kier molecular flexibility index (Phi) is 4.49. The Morgan fingerprint density at radius 2 is 1.68 bits per heavy atom. The number of fused-ring (bicyclic) bond motifs is 3. The second-order valence-corrected chi connectivity index (χ2v) is 6.17. The highest BCUT2D eigenvalue weighted by Gasteiger charge is 2.25. The summed E-state index contributed by atoms with van der Waals surface area (Å²) in [6, 6.07) is 9.80. The minimum atomic E-state index is -0.455. The zero-order valence-electron chi connectivity index (χ0n) is 14.9. The molecule has 25 heavy (non-hydrogen) atoms. The van der Waals surface area contributed by atoms with Crippen LogP contribution in [-0.4, -0.2) is 19.0 Å². The highest BCUT2D eigenvalue weighted by atomic mass is 16.6. The van der Waals surface area contributed by atoms with Gasteiger partial charge >= 0.3 is 11.9 Å². The van der Waals surface area contributed by atoms with Crippen LogP contribution in [0, 0.1) is 0 Å². The predicted molar refractivity (Wildman–Crippen MR) is 96.0 cm³/mol. The SMILES string of the molecule is CCc1cccc2c1N(C)Cc1cc(OC(C)=O)c(OC(C)=O)cc1-2. The van der Waals surface area contributed by atoms with Gasteiger partial charge < -0.3 is 14.4 Å². The molecule has 0 aliphatic carbocycles. The van der Waals surface area contributed by atoms with Crippen molar-refractivity contribution in [1.29, 1.82) is 0 Å². The average Bonchev–Trinajstić information content (AvgIpc) is 2.54. The topological polar surface area (TPSA) is 55.8 Å². The molecule has 2 aromatic rings. The van der Waals surface area contributed by atoms with Gasteiger partial charge in [0.15, 0.2) is 11.5 Å². The number of rotatable bonds is 3. The summed E-state index contributed by atoms with van der Waals surface area (Å²) in [4.78, 5) is 25.0. The lowest BCUT2D eigenvalue weighted by atomic mass is 9.90. The third-order valence-corrected chi connectivity index (χ3v) is 4.26. The molecule has 1 aliphatic heterocycles. The van der Waals surface area contributed by atoms with Crippen LogP contribution >= 0.6 is 0 Å². The van der Waals surface area contributed by atoms with Gasteiger partial charge in [0, 0.05) is 38.7 Å². The van der Waals surface area contributed by atoms with E-state index in [9.17, 15) is 9.59 Å². The van der Waals surface area contributed by atoms with Gasteiger partial charge in [0.1, 0.15) is 0 Å². The summed E-state index contributed by atoms with van der Waals surface area (Å²) >= 11 is 0. The molecule has 0 saturated heterocycles. The van der Waals surface area contributed by atoms with Crippen molar-refractivity contribution >= 4 is 17.6 Å². The normalized spacial score (nSPS) is 12.2. The molecule has 0 atom stereocenters. The Morgan fingerprint density at radius 1 is 1.04 bits per heavy atom. The summed E-state index contributed by atoms with van der Waals surface area (Å²) in [5.41, 5.74) is 5.56. The van der Waals surface area contributed by atoms with E-state index in [1.165, 1.54) is 25.1 Å². The molecule has 5 nitrogen and oxygen atoms in total. The fourth-order valence-electron chi connectivity index (χ4n) is 3.33. The van der Waals surface area contributed by atoms with E-state index in [4.69, 9.17) is 9.47 Å². The highest BCUT2D eigenvalue weighted by Crippen LogP contribution is 2.45. The van der Waals surface area contributed by atoms with Crippen molar-refractivity contribution in [3.63, 3.8) is 0 Å². The summed E-state index contributed by atoms with van der Waals surface area (Å²) < 4.78 is 10.5. The monoisotopic (exact) mass is 339 g/mol. The van der Waals surface area contributed by atoms with Gasteiger partial charge in [-0.15, -0.1) is 0 Å². The van der Waals surface area contributed by atoms with Crippen LogP contribution in [0.15, 0.2) is 30.3 Å². The first-order chi connectivity index (χ1) is 11.9. The van der Waals surface area contributed by atoms with Crippen molar-refractivity contribution in [2.24, 2.45) is 0 Å². The number of carbonyl (C=O) groups is 2. The van der Waals surface area contributed by atoms with Gasteiger partial charge in [-0.2, -0.15) is 0 Å². The van der Waals surface area contributed by atoms with Gasteiger partial charge in [-0.1, -0.05) is 25.1 Å². The quantitative estimate of drug-likeness (QED) is 0.630. The molecule has 5 heteroatoms. The van der Waals surface area contributed by atoms with E-state index < -0.39 is 11.9 Å². The number of ether oxygens (including phenoxy) is 2. The van der Waals surface area contributed by atoms with Crippen molar-refractivity contribution in [2.75, 3.05) is 11.9 Å². The van der Waals surface area contributed by atoms with E-state index in [0.29, 0.717) is 6.54 Å². The maximum absolute atomic E-state index is 11.4. The Labute approximate surface area is 147 Å². The molecule has 0 radical (unpaired) electrons. The number of carbonyl (C=O) groups excluding carboxylic acids is 2. The van der Waals surface area contributed by atoms with Crippen LogP contribution in [0.5, 0.6) is 11.5 Å². The molecule has 0 bridgehead atoms. The summed E-state index contributed by atoms with van der Waals surface area (Å²) in [5.74, 6) is -0.376. The molecule has 0 fully saturated rings. The van der Waals surface area contributed by atoms with E-state index >= 15 is 0 Å². The fourth-order valence-corrected chi connectivity index (χ4v) is 3.33. The number of para-hydroxylation sites is 1. The number of nitrogens with zero attached hydrogens (tertiary/aromatic N) is 1. The average molecular weight is 339 g/mol. The summed E-state index contributed by atoms with van der Waals surface area (Å²) in [7, 11) is 2.05. The lowest BCUT2D eigenvalue weighted by Crippen LogP contribution is -2.23. The van der Waals surface area contributed by atoms with Gasteiger partial charge in [0.2, 0.25) is 0 Å². The second kappa shape index (κ2) is 6.59. The number of esters is 2. The minimum absolute atomic E-state index is 0.263. The zero-order valence-corrected chi connectivity index (χ0v) is 14.9. The van der Waals surface area contributed by atoms with Crippen LogP contribution in [-0.2, 0) is 22.6 Å². The van der Waals surface area contributed by atoms with E-state index in [1.54, 1.807) is 12.1 Å². The molecule has 3 rings (SSSR count). The zero-order chi connectivity index (χ0) is 18.1. The van der Waals surface area contributed by atoms with E-state index in [2.05, 4.69) is 24.0 Å². The summed E-state index contributed by atoms with van der Waals surface area (Å²) in [6.45, 7) is 5.47. The Hall–Kier alpha value is -2.82. The first-order valence-electron chi connectivity index (χ1n) is 8.27. The third-order valence-electron chi connectivity index (χ3n) is 4.26. The van der Waals surface area contributed by atoms with Crippen LogP contribution in [0.25, 0.3) is 11.1 Å². The lowest BCUT2D eigenvalue weighted by molar-refractivity contribution is -0.134. The van der Waals surface area contributed by atoms with Crippen LogP contribution in [0.1, 0.15) is 31.9 Å². The maximum atomic E-state index is 11.4. The van der Waals surface area contributed by atoms with E-state index in [0.717, 1.165) is 23.1 Å². The van der Waals surface area contributed by atoms with Gasteiger partial charge in [-0.3, -0.25) is 9.59 Å². The molecule has 1 aliphatic rings. The molecule has 0 saturated carbocycles. The molecular weight excluding hydrogens is 318 g/mol. The van der Waals surface area contributed by atoms with E-state index in [-0.39, 0.29) is 11.5 Å². The molecule has 1 heterocycles. The molecule has 130 valence electrons. The van der Waals surface area contributed by atoms with Gasteiger partial charge in [0.25, 0.3) is 0 Å². The lowest BCUT2D eigenvalue weighted by Gasteiger charge is -2.32. The smallest absolute Gasteiger partial charge is 0.308 e. The Balaban J connectivity index is 2.20. The van der Waals surface area contributed by atoms with E-state index in [1.807, 2.05) is 13.1 Å². The number of anilines is 1. The maximum Gasteiger partial charge on any atom is 0.308 e. The molecule has 0 unspecified atom stereocenters. The van der Waals surface area contributed by atoms with Crippen molar-refractivity contribution in [1.82, 2.24) is 0 Å². The molecule has 0 aromatic heterocycles. The molecular formula is C20H21NO4. The van der Waals surface area contributed by atoms with Gasteiger partial charge in [0.05, 0.1) is 0 Å². The van der Waals surface area contributed by atoms with Crippen LogP contribution in [0.4, 0.5) is 5.69 Å². The Morgan fingerprint density at radius 3 is 2.28 bits per heavy atom. The second-order valence-electron chi connectivity index (χ2n) is 6.17. The van der Waals surface area contributed by atoms with Gasteiger partial charge in [-0.25, -0.2) is 0 Å². The van der Waals surface area contributed by atoms with Crippen molar-refractivity contribution in [3.05, 3.63) is 41.5 Å². The molecule has 0 spiro atoms.